The molecule has 1 amide bonds. The molecule has 2 aliphatic rings. The number of carbonyl (C=O) groups is 1. The minimum absolute atomic E-state index is 0.0977. The first-order valence-electron chi connectivity index (χ1n) is 11.4. The van der Waals surface area contributed by atoms with Gasteiger partial charge in [0.15, 0.2) is 0 Å². The summed E-state index contributed by atoms with van der Waals surface area (Å²) in [6.45, 7) is 7.42. The lowest BCUT2D eigenvalue weighted by Gasteiger charge is -2.28. The van der Waals surface area contributed by atoms with E-state index in [1.807, 2.05) is 31.2 Å². The number of thioether (sulfide) groups is 1. The Morgan fingerprint density at radius 2 is 2.03 bits per heavy atom. The number of rotatable bonds is 6. The molecular weight excluding hydrogens is 456 g/mol. The van der Waals surface area contributed by atoms with Crippen LogP contribution in [-0.4, -0.2) is 47.7 Å². The fourth-order valence-corrected chi connectivity index (χ4v) is 6.01. The molecule has 0 spiro atoms. The first kappa shape index (κ1) is 22.4. The third kappa shape index (κ3) is 5.26. The Hall–Kier alpha value is -2.36. The van der Waals surface area contributed by atoms with Gasteiger partial charge in [0, 0.05) is 29.3 Å². The number of fused-ring (bicyclic) bond motifs is 1. The number of aromatic nitrogens is 2. The molecule has 9 heteroatoms. The molecule has 1 aromatic carbocycles. The van der Waals surface area contributed by atoms with Gasteiger partial charge in [0.2, 0.25) is 5.91 Å². The smallest absolute Gasteiger partial charge is 0.277 e. The van der Waals surface area contributed by atoms with Crippen molar-refractivity contribution in [2.75, 3.05) is 36.5 Å². The monoisotopic (exact) mass is 484 g/mol. The van der Waals surface area contributed by atoms with Crippen LogP contribution in [0.4, 0.5) is 11.4 Å². The van der Waals surface area contributed by atoms with E-state index in [2.05, 4.69) is 33.4 Å². The highest BCUT2D eigenvalue weighted by molar-refractivity contribution is 8.00. The lowest BCUT2D eigenvalue weighted by atomic mass is 9.90. The van der Waals surface area contributed by atoms with Gasteiger partial charge in [-0.25, -0.2) is 0 Å². The minimum atomic E-state index is -0.366. The molecule has 1 N–H and O–H groups in total. The van der Waals surface area contributed by atoms with Crippen LogP contribution < -0.4 is 10.2 Å². The summed E-state index contributed by atoms with van der Waals surface area (Å²) in [4.78, 5) is 17.4. The third-order valence-electron chi connectivity index (χ3n) is 6.10. The maximum atomic E-state index is 12.7. The van der Waals surface area contributed by atoms with Crippen LogP contribution >= 0.6 is 23.1 Å². The van der Waals surface area contributed by atoms with Crippen molar-refractivity contribution in [3.8, 4) is 10.8 Å². The fourth-order valence-electron chi connectivity index (χ4n) is 4.19. The summed E-state index contributed by atoms with van der Waals surface area (Å²) in [6.07, 6.45) is 3.48. The number of nitrogens with one attached hydrogen (secondary N) is 1. The fraction of sp³-hybridized carbons (Fsp3) is 0.458. The van der Waals surface area contributed by atoms with E-state index < -0.39 is 0 Å². The molecule has 1 saturated heterocycles. The van der Waals surface area contributed by atoms with Crippen LogP contribution in [0.15, 0.2) is 40.0 Å². The summed E-state index contributed by atoms with van der Waals surface area (Å²) in [7, 11) is 0. The Balaban J connectivity index is 1.17. The topological polar surface area (TPSA) is 80.5 Å². The van der Waals surface area contributed by atoms with Gasteiger partial charge in [-0.2, -0.15) is 0 Å². The third-order valence-corrected chi connectivity index (χ3v) is 8.26. The first-order chi connectivity index (χ1) is 16.0. The molecule has 33 heavy (non-hydrogen) atoms. The van der Waals surface area contributed by atoms with Crippen molar-refractivity contribution in [2.24, 2.45) is 5.92 Å². The summed E-state index contributed by atoms with van der Waals surface area (Å²) in [5.41, 5.74) is 3.32. The highest BCUT2D eigenvalue weighted by atomic mass is 32.2. The molecule has 3 aromatic rings. The van der Waals surface area contributed by atoms with Crippen LogP contribution in [0.25, 0.3) is 10.8 Å². The molecule has 1 aliphatic heterocycles. The second kappa shape index (κ2) is 9.87. The lowest BCUT2D eigenvalue weighted by molar-refractivity contribution is -0.115. The van der Waals surface area contributed by atoms with Crippen LogP contribution in [0.5, 0.6) is 0 Å². The summed E-state index contributed by atoms with van der Waals surface area (Å²) in [5.74, 6) is 1.17. The van der Waals surface area contributed by atoms with Crippen molar-refractivity contribution in [2.45, 2.75) is 43.6 Å². The molecule has 0 radical (unpaired) electrons. The number of hydrogen-bond acceptors (Lipinski definition) is 8. The number of nitrogens with zero attached hydrogens (tertiary/aromatic N) is 3. The van der Waals surface area contributed by atoms with Gasteiger partial charge in [-0.1, -0.05) is 18.7 Å². The summed E-state index contributed by atoms with van der Waals surface area (Å²) in [6, 6.07) is 10.1. The zero-order valence-corrected chi connectivity index (χ0v) is 20.5. The predicted octanol–water partition coefficient (Wildman–Crippen LogP) is 4.88. The summed E-state index contributed by atoms with van der Waals surface area (Å²) < 4.78 is 11.3. The molecule has 3 heterocycles. The normalized spacial score (nSPS) is 19.2. The molecule has 1 aliphatic carbocycles. The molecule has 2 aromatic heterocycles. The molecular formula is C24H28N4O3S2. The largest absolute Gasteiger partial charge is 0.410 e. The highest BCUT2D eigenvalue weighted by Crippen LogP contribution is 2.37. The number of carbonyl (C=O) groups excluding carboxylic acids is 1. The zero-order chi connectivity index (χ0) is 22.8. The Morgan fingerprint density at radius 1 is 1.24 bits per heavy atom. The van der Waals surface area contributed by atoms with Crippen LogP contribution in [0.1, 0.15) is 30.7 Å². The molecule has 5 rings (SSSR count). The van der Waals surface area contributed by atoms with Crippen molar-refractivity contribution in [3.63, 3.8) is 0 Å². The quantitative estimate of drug-likeness (QED) is 0.500. The average Bonchev–Trinajstić information content (AvgIpc) is 3.46. The number of anilines is 2. The van der Waals surface area contributed by atoms with E-state index >= 15 is 0 Å². The van der Waals surface area contributed by atoms with Gasteiger partial charge in [-0.3, -0.25) is 4.79 Å². The van der Waals surface area contributed by atoms with Gasteiger partial charge < -0.3 is 19.4 Å². The average molecular weight is 485 g/mol. The molecule has 0 saturated carbocycles. The van der Waals surface area contributed by atoms with Crippen LogP contribution in [0, 0.1) is 5.92 Å². The zero-order valence-electron chi connectivity index (χ0n) is 18.9. The number of hydrogen-bond donors (Lipinski definition) is 1. The van der Waals surface area contributed by atoms with E-state index in [1.165, 1.54) is 28.6 Å². The molecule has 2 atom stereocenters. The van der Waals surface area contributed by atoms with Gasteiger partial charge >= 0.3 is 0 Å². The van der Waals surface area contributed by atoms with Gasteiger partial charge in [0.1, 0.15) is 0 Å². The standard InChI is InChI=1S/C24H28N4O3S2/c1-15-3-8-20-17(13-15)14-21(33-20)23-26-27-24(31-23)32-16(2)22(29)25-18-4-6-19(7-5-18)28-9-11-30-12-10-28/h4-7,14-16H,3,8-13H2,1-2H3,(H,25,29)/t15-,16-/m1/s1. The second-order valence-electron chi connectivity index (χ2n) is 8.68. The molecule has 0 unspecified atom stereocenters. The number of amides is 1. The van der Waals surface area contributed by atoms with Crippen LogP contribution in [0.2, 0.25) is 0 Å². The predicted molar refractivity (Wildman–Crippen MR) is 132 cm³/mol. The number of aryl methyl sites for hydroxylation is 1. The van der Waals surface area contributed by atoms with Crippen LogP contribution in [0.3, 0.4) is 0 Å². The van der Waals surface area contributed by atoms with E-state index in [4.69, 9.17) is 9.15 Å². The van der Waals surface area contributed by atoms with Gasteiger partial charge in [-0.05, 0) is 68.0 Å². The maximum Gasteiger partial charge on any atom is 0.277 e. The van der Waals surface area contributed by atoms with Crippen molar-refractivity contribution in [1.82, 2.24) is 10.2 Å². The Bertz CT molecular complexity index is 1110. The summed E-state index contributed by atoms with van der Waals surface area (Å²) in [5, 5.41) is 11.4. The molecule has 174 valence electrons. The number of ether oxygens (including phenoxy) is 1. The van der Waals surface area contributed by atoms with Crippen molar-refractivity contribution >= 4 is 40.4 Å². The van der Waals surface area contributed by atoms with Crippen molar-refractivity contribution in [1.29, 1.82) is 0 Å². The second-order valence-corrected chi connectivity index (χ2v) is 11.1. The molecule has 7 nitrogen and oxygen atoms in total. The van der Waals surface area contributed by atoms with E-state index in [-0.39, 0.29) is 11.2 Å². The Kier molecular flexibility index (Phi) is 6.71. The first-order valence-corrected chi connectivity index (χ1v) is 13.1. The van der Waals surface area contributed by atoms with Crippen LogP contribution in [-0.2, 0) is 22.4 Å². The van der Waals surface area contributed by atoms with Gasteiger partial charge in [-0.15, -0.1) is 21.5 Å². The highest BCUT2D eigenvalue weighted by Gasteiger charge is 2.23. The van der Waals surface area contributed by atoms with Gasteiger partial charge in [0.25, 0.3) is 11.1 Å². The van der Waals surface area contributed by atoms with Gasteiger partial charge in [0.05, 0.1) is 23.3 Å². The Morgan fingerprint density at radius 3 is 2.82 bits per heavy atom. The van der Waals surface area contributed by atoms with Crippen molar-refractivity contribution < 1.29 is 13.9 Å². The number of benzene rings is 1. The van der Waals surface area contributed by atoms with E-state index in [0.717, 1.165) is 61.3 Å². The van der Waals surface area contributed by atoms with E-state index in [9.17, 15) is 4.79 Å². The number of thiophene rings is 1. The number of morpholine rings is 1. The molecule has 1 fully saturated rings. The molecule has 0 bridgehead atoms. The van der Waals surface area contributed by atoms with E-state index in [0.29, 0.717) is 11.1 Å². The Labute approximate surface area is 201 Å². The SMILES string of the molecule is C[C@@H]1CCc2sc(-c3nnc(S[C@H](C)C(=O)Nc4ccc(N5CCOCC5)cc4)o3)cc2C1. The lowest BCUT2D eigenvalue weighted by Crippen LogP contribution is -2.36. The van der Waals surface area contributed by atoms with Crippen molar-refractivity contribution in [3.05, 3.63) is 40.8 Å². The maximum absolute atomic E-state index is 12.7. The van der Waals surface area contributed by atoms with E-state index in [1.54, 1.807) is 11.3 Å². The minimum Gasteiger partial charge on any atom is -0.410 e. The summed E-state index contributed by atoms with van der Waals surface area (Å²) >= 11 is 3.02.